The second-order valence-corrected chi connectivity index (χ2v) is 7.40. The number of nitrogens with one attached hydrogen (secondary N) is 3. The summed E-state index contributed by atoms with van der Waals surface area (Å²) < 4.78 is 5.71. The Labute approximate surface area is 182 Å². The van der Waals surface area contributed by atoms with Crippen molar-refractivity contribution in [2.45, 2.75) is 13.0 Å². The topological polar surface area (TPSA) is 100 Å². The van der Waals surface area contributed by atoms with Crippen LogP contribution in [-0.2, 0) is 9.59 Å². The molecule has 3 amide bonds. The minimum Gasteiger partial charge on any atom is -0.459 e. The van der Waals surface area contributed by atoms with Crippen molar-refractivity contribution in [1.29, 1.82) is 0 Å². The van der Waals surface area contributed by atoms with Crippen LogP contribution >= 0.6 is 23.2 Å². The molecule has 3 aromatic rings. The molecule has 0 spiro atoms. The predicted molar refractivity (Wildman–Crippen MR) is 115 cm³/mol. The predicted octanol–water partition coefficient (Wildman–Crippen LogP) is 3.46. The molecule has 0 bridgehead atoms. The van der Waals surface area contributed by atoms with Gasteiger partial charge in [0, 0.05) is 10.4 Å². The van der Waals surface area contributed by atoms with Gasteiger partial charge in [0.25, 0.3) is 5.91 Å². The van der Waals surface area contributed by atoms with Gasteiger partial charge in [-0.1, -0.05) is 41.4 Å². The van der Waals surface area contributed by atoms with E-state index >= 15 is 0 Å². The number of benzene rings is 2. The van der Waals surface area contributed by atoms with Crippen molar-refractivity contribution in [2.24, 2.45) is 0 Å². The number of hydrogen-bond acceptors (Lipinski definition) is 4. The minimum atomic E-state index is -0.519. The zero-order valence-electron chi connectivity index (χ0n) is 16.0. The largest absolute Gasteiger partial charge is 0.459 e. The molecule has 0 aliphatic rings. The van der Waals surface area contributed by atoms with E-state index in [0.29, 0.717) is 10.8 Å². The Morgan fingerprint density at radius 3 is 2.43 bits per heavy atom. The number of rotatable bonds is 7. The Balaban J connectivity index is 1.43. The summed E-state index contributed by atoms with van der Waals surface area (Å²) in [6.45, 7) is 1.25. The van der Waals surface area contributed by atoms with Crippen LogP contribution in [0.2, 0.25) is 10.0 Å². The lowest BCUT2D eigenvalue weighted by Gasteiger charge is -2.12. The molecule has 9 heteroatoms. The first-order chi connectivity index (χ1) is 14.3. The maximum absolute atomic E-state index is 12.1. The Hall–Kier alpha value is -3.03. The van der Waals surface area contributed by atoms with Crippen LogP contribution in [0.15, 0.2) is 52.9 Å². The monoisotopic (exact) mass is 447 g/mol. The first-order valence-electron chi connectivity index (χ1n) is 9.11. The normalized spacial score (nSPS) is 11.7. The molecular formula is C21H19Cl2N3O4. The molecule has 3 rings (SSSR count). The number of fused-ring (bicyclic) bond motifs is 1. The molecule has 30 heavy (non-hydrogen) atoms. The smallest absolute Gasteiger partial charge is 0.253 e. The van der Waals surface area contributed by atoms with Gasteiger partial charge in [0.2, 0.25) is 11.8 Å². The molecule has 1 atom stereocenters. The summed E-state index contributed by atoms with van der Waals surface area (Å²) in [5.74, 6) is -0.805. The van der Waals surface area contributed by atoms with Crippen LogP contribution in [0.3, 0.4) is 0 Å². The Morgan fingerprint density at radius 2 is 1.70 bits per heavy atom. The van der Waals surface area contributed by atoms with E-state index in [1.54, 1.807) is 6.92 Å². The number of halogens is 2. The molecule has 0 aliphatic carbocycles. The van der Waals surface area contributed by atoms with Gasteiger partial charge in [0.1, 0.15) is 11.3 Å². The van der Waals surface area contributed by atoms with Crippen molar-refractivity contribution in [3.05, 3.63) is 69.9 Å². The Morgan fingerprint density at radius 1 is 0.967 bits per heavy atom. The van der Waals surface area contributed by atoms with Gasteiger partial charge in [0.15, 0.2) is 0 Å². The van der Waals surface area contributed by atoms with E-state index in [2.05, 4.69) is 16.0 Å². The van der Waals surface area contributed by atoms with Gasteiger partial charge in [-0.05, 0) is 37.3 Å². The Bertz CT molecular complexity index is 1060. The number of carbonyl (C=O) groups excluding carboxylic acids is 3. The van der Waals surface area contributed by atoms with Crippen LogP contribution in [0, 0.1) is 0 Å². The van der Waals surface area contributed by atoms with Crippen molar-refractivity contribution >= 4 is 51.9 Å². The maximum Gasteiger partial charge on any atom is 0.253 e. The number of furan rings is 1. The second kappa shape index (κ2) is 9.65. The fraction of sp³-hybridized carbons (Fsp3) is 0.190. The summed E-state index contributed by atoms with van der Waals surface area (Å²) in [4.78, 5) is 36.1. The van der Waals surface area contributed by atoms with Crippen LogP contribution in [-0.4, -0.2) is 30.8 Å². The first kappa shape index (κ1) is 21.7. The number of amides is 3. The van der Waals surface area contributed by atoms with Gasteiger partial charge in [-0.25, -0.2) is 0 Å². The van der Waals surface area contributed by atoms with Crippen LogP contribution in [0.5, 0.6) is 0 Å². The molecule has 2 aromatic carbocycles. The molecule has 1 aromatic heterocycles. The van der Waals surface area contributed by atoms with Crippen molar-refractivity contribution in [3.8, 4) is 0 Å². The van der Waals surface area contributed by atoms with Crippen molar-refractivity contribution in [3.63, 3.8) is 0 Å². The number of hydrogen-bond donors (Lipinski definition) is 3. The molecule has 1 heterocycles. The Kier molecular flexibility index (Phi) is 6.97. The van der Waals surface area contributed by atoms with Crippen LogP contribution < -0.4 is 16.0 Å². The second-order valence-electron chi connectivity index (χ2n) is 6.56. The highest BCUT2D eigenvalue weighted by molar-refractivity contribution is 6.36. The molecule has 156 valence electrons. The fourth-order valence-corrected chi connectivity index (χ4v) is 3.24. The summed E-state index contributed by atoms with van der Waals surface area (Å²) in [5.41, 5.74) is 0.935. The third-order valence-electron chi connectivity index (χ3n) is 4.28. The summed E-state index contributed by atoms with van der Waals surface area (Å²) in [7, 11) is 0. The van der Waals surface area contributed by atoms with E-state index in [0.717, 1.165) is 11.0 Å². The van der Waals surface area contributed by atoms with Gasteiger partial charge in [-0.3, -0.25) is 14.4 Å². The molecule has 0 saturated heterocycles. The van der Waals surface area contributed by atoms with Crippen LogP contribution in [0.4, 0.5) is 0 Å². The van der Waals surface area contributed by atoms with E-state index in [4.69, 9.17) is 27.6 Å². The van der Waals surface area contributed by atoms with Crippen molar-refractivity contribution in [1.82, 2.24) is 16.0 Å². The molecular weight excluding hydrogens is 429 g/mol. The highest BCUT2D eigenvalue weighted by Gasteiger charge is 2.16. The van der Waals surface area contributed by atoms with Gasteiger partial charge < -0.3 is 20.4 Å². The average molecular weight is 448 g/mol. The lowest BCUT2D eigenvalue weighted by Crippen LogP contribution is -2.42. The maximum atomic E-state index is 12.1. The quantitative estimate of drug-likeness (QED) is 0.516. The third-order valence-corrected chi connectivity index (χ3v) is 4.83. The molecule has 0 radical (unpaired) electrons. The van der Waals surface area contributed by atoms with E-state index < -0.39 is 11.8 Å². The SMILES string of the molecule is CC(NC(=O)CNC(=O)CNC(=O)c1ccc(Cl)cc1Cl)c1cc2ccccc2o1. The third kappa shape index (κ3) is 5.52. The highest BCUT2D eigenvalue weighted by atomic mass is 35.5. The van der Waals surface area contributed by atoms with Crippen LogP contribution in [0.1, 0.15) is 29.1 Å². The number of carbonyl (C=O) groups is 3. The molecule has 0 saturated carbocycles. The standard InChI is InChI=1S/C21H19Cl2N3O4/c1-12(18-8-13-4-2-3-5-17(13)30-18)26-20(28)11-24-19(27)10-25-21(29)15-7-6-14(22)9-16(15)23/h2-9,12H,10-11H2,1H3,(H,24,27)(H,25,29)(H,26,28). The number of para-hydroxylation sites is 1. The van der Waals surface area contributed by atoms with Crippen molar-refractivity contribution < 1.29 is 18.8 Å². The summed E-state index contributed by atoms with van der Waals surface area (Å²) in [6, 6.07) is 13.5. The van der Waals surface area contributed by atoms with Gasteiger partial charge in [0.05, 0.1) is 29.7 Å². The zero-order valence-corrected chi connectivity index (χ0v) is 17.5. The van der Waals surface area contributed by atoms with Gasteiger partial charge in [-0.2, -0.15) is 0 Å². The van der Waals surface area contributed by atoms with Crippen LogP contribution in [0.25, 0.3) is 11.0 Å². The lowest BCUT2D eigenvalue weighted by atomic mass is 10.2. The van der Waals surface area contributed by atoms with Gasteiger partial charge >= 0.3 is 0 Å². The van der Waals surface area contributed by atoms with E-state index in [-0.39, 0.29) is 35.6 Å². The fourth-order valence-electron chi connectivity index (χ4n) is 2.75. The molecule has 0 fully saturated rings. The summed E-state index contributed by atoms with van der Waals surface area (Å²) >= 11 is 11.8. The van der Waals surface area contributed by atoms with E-state index in [9.17, 15) is 14.4 Å². The summed E-state index contributed by atoms with van der Waals surface area (Å²) in [5, 5.41) is 9.16. The molecule has 3 N–H and O–H groups in total. The first-order valence-corrected chi connectivity index (χ1v) is 9.87. The zero-order chi connectivity index (χ0) is 21.7. The van der Waals surface area contributed by atoms with Crippen molar-refractivity contribution in [2.75, 3.05) is 13.1 Å². The average Bonchev–Trinajstić information content (AvgIpc) is 3.15. The lowest BCUT2D eigenvalue weighted by molar-refractivity contribution is -0.125. The molecule has 1 unspecified atom stereocenters. The van der Waals surface area contributed by atoms with E-state index in [1.165, 1.54) is 18.2 Å². The molecule has 7 nitrogen and oxygen atoms in total. The van der Waals surface area contributed by atoms with E-state index in [1.807, 2.05) is 30.3 Å². The molecule has 0 aliphatic heterocycles. The summed E-state index contributed by atoms with van der Waals surface area (Å²) in [6.07, 6.45) is 0. The van der Waals surface area contributed by atoms with Gasteiger partial charge in [-0.15, -0.1) is 0 Å². The highest BCUT2D eigenvalue weighted by Crippen LogP contribution is 2.23. The minimum absolute atomic E-state index is 0.180.